The van der Waals surface area contributed by atoms with Crippen molar-refractivity contribution in [3.63, 3.8) is 0 Å². The molecule has 0 radical (unpaired) electrons. The molecule has 3 heteroatoms. The van der Waals surface area contributed by atoms with Crippen molar-refractivity contribution in [3.05, 3.63) is 132 Å². The van der Waals surface area contributed by atoms with Crippen molar-refractivity contribution in [2.75, 3.05) is 7.11 Å². The molecule has 0 N–H and O–H groups in total. The summed E-state index contributed by atoms with van der Waals surface area (Å²) in [6.07, 6.45) is 0. The SMILES string of the molecule is [C-]#[N+][C@](Sc1ccccc1OC)(c1ccc(-c2ccccc2)cc1)[C@H](C)c1ccccc1. The standard InChI is InChI=1S/C29H25NOS/c1-22(23-12-6-4-7-13-23)29(30-2,32-28-17-11-10-16-27(28)31-3)26-20-18-25(19-21-26)24-14-8-5-9-15-24/h4-22H,1,3H3/t22-,29-/m1/s1. The van der Waals surface area contributed by atoms with Gasteiger partial charge in [-0.3, -0.25) is 4.85 Å². The first kappa shape index (κ1) is 21.7. The highest BCUT2D eigenvalue weighted by molar-refractivity contribution is 8.00. The quantitative estimate of drug-likeness (QED) is 0.215. The largest absolute Gasteiger partial charge is 0.496 e. The highest BCUT2D eigenvalue weighted by atomic mass is 32.2. The van der Waals surface area contributed by atoms with Crippen LogP contribution < -0.4 is 4.74 Å². The van der Waals surface area contributed by atoms with Crippen LogP contribution in [-0.4, -0.2) is 7.11 Å². The van der Waals surface area contributed by atoms with Crippen LogP contribution in [0.1, 0.15) is 24.0 Å². The lowest BCUT2D eigenvalue weighted by Gasteiger charge is -2.29. The van der Waals surface area contributed by atoms with E-state index in [0.717, 1.165) is 27.3 Å². The summed E-state index contributed by atoms with van der Waals surface area (Å²) in [7, 11) is 1.67. The fraction of sp³-hybridized carbons (Fsp3) is 0.138. The highest BCUT2D eigenvalue weighted by Gasteiger charge is 2.47. The maximum absolute atomic E-state index is 8.38. The van der Waals surface area contributed by atoms with Crippen LogP contribution in [-0.2, 0) is 4.87 Å². The molecule has 0 aliphatic rings. The Hall–Kier alpha value is -3.48. The van der Waals surface area contributed by atoms with Gasteiger partial charge < -0.3 is 4.74 Å². The molecule has 0 saturated heterocycles. The van der Waals surface area contributed by atoms with E-state index in [1.807, 2.05) is 60.7 Å². The van der Waals surface area contributed by atoms with Crippen LogP contribution in [0.2, 0.25) is 0 Å². The zero-order chi connectivity index (χ0) is 22.4. The second-order valence-corrected chi connectivity index (χ2v) is 8.90. The van der Waals surface area contributed by atoms with Crippen molar-refractivity contribution in [3.8, 4) is 16.9 Å². The third-order valence-electron chi connectivity index (χ3n) is 5.79. The van der Waals surface area contributed by atoms with Crippen LogP contribution >= 0.6 is 11.8 Å². The topological polar surface area (TPSA) is 13.6 Å². The average Bonchev–Trinajstić information content (AvgIpc) is 2.88. The molecule has 0 bridgehead atoms. The Kier molecular flexibility index (Phi) is 6.63. The highest BCUT2D eigenvalue weighted by Crippen LogP contribution is 2.54. The zero-order valence-corrected chi connectivity index (χ0v) is 19.0. The van der Waals surface area contributed by atoms with E-state index in [1.54, 1.807) is 18.9 Å². The van der Waals surface area contributed by atoms with Gasteiger partial charge in [0.2, 0.25) is 0 Å². The van der Waals surface area contributed by atoms with Gasteiger partial charge in [-0.05, 0) is 59.6 Å². The summed E-state index contributed by atoms with van der Waals surface area (Å²) in [4.78, 5) is 4.41. The molecule has 32 heavy (non-hydrogen) atoms. The van der Waals surface area contributed by atoms with Crippen molar-refractivity contribution in [2.24, 2.45) is 0 Å². The summed E-state index contributed by atoms with van der Waals surface area (Å²) < 4.78 is 5.61. The lowest BCUT2D eigenvalue weighted by molar-refractivity contribution is 0.404. The summed E-state index contributed by atoms with van der Waals surface area (Å²) in [5, 5.41) is 0. The van der Waals surface area contributed by atoms with Gasteiger partial charge in [-0.15, -0.1) is 0 Å². The van der Waals surface area contributed by atoms with Crippen LogP contribution in [0.25, 0.3) is 16.0 Å². The van der Waals surface area contributed by atoms with Crippen molar-refractivity contribution in [1.29, 1.82) is 0 Å². The van der Waals surface area contributed by atoms with Crippen molar-refractivity contribution in [2.45, 2.75) is 22.6 Å². The molecule has 4 aromatic rings. The molecular formula is C29H25NOS. The molecule has 158 valence electrons. The number of rotatable bonds is 7. The van der Waals surface area contributed by atoms with Gasteiger partial charge in [0.1, 0.15) is 5.75 Å². The molecule has 0 saturated carbocycles. The van der Waals surface area contributed by atoms with Crippen LogP contribution in [0, 0.1) is 6.57 Å². The van der Waals surface area contributed by atoms with E-state index < -0.39 is 4.87 Å². The summed E-state index contributed by atoms with van der Waals surface area (Å²) >= 11 is 1.57. The van der Waals surface area contributed by atoms with E-state index >= 15 is 0 Å². The van der Waals surface area contributed by atoms with E-state index in [4.69, 9.17) is 11.3 Å². The van der Waals surface area contributed by atoms with E-state index in [0.29, 0.717) is 0 Å². The Bertz CT molecular complexity index is 1200. The number of para-hydroxylation sites is 1. The van der Waals surface area contributed by atoms with E-state index in [2.05, 4.69) is 60.3 Å². The van der Waals surface area contributed by atoms with Crippen LogP contribution in [0.4, 0.5) is 0 Å². The normalized spacial score (nSPS) is 13.5. The third kappa shape index (κ3) is 4.28. The molecule has 0 fully saturated rings. The molecule has 4 rings (SSSR count). The Labute approximate surface area is 194 Å². The molecule has 0 aromatic heterocycles. The van der Waals surface area contributed by atoms with Crippen LogP contribution in [0.15, 0.2) is 114 Å². The Morgan fingerprint density at radius 2 is 1.31 bits per heavy atom. The van der Waals surface area contributed by atoms with Gasteiger partial charge in [-0.1, -0.05) is 84.9 Å². The zero-order valence-electron chi connectivity index (χ0n) is 18.2. The number of thioether (sulfide) groups is 1. The van der Waals surface area contributed by atoms with E-state index in [-0.39, 0.29) is 5.92 Å². The smallest absolute Gasteiger partial charge is 0.313 e. The predicted octanol–water partition coefficient (Wildman–Crippen LogP) is 8.03. The summed E-state index contributed by atoms with van der Waals surface area (Å²) in [5.41, 5.74) is 4.43. The van der Waals surface area contributed by atoms with Crippen LogP contribution in [0.3, 0.4) is 0 Å². The molecule has 0 aliphatic heterocycles. The number of nitrogens with zero attached hydrogens (tertiary/aromatic N) is 1. The van der Waals surface area contributed by atoms with Gasteiger partial charge in [0, 0.05) is 5.56 Å². The Morgan fingerprint density at radius 1 is 0.750 bits per heavy atom. The van der Waals surface area contributed by atoms with Gasteiger partial charge in [-0.25, -0.2) is 6.57 Å². The second kappa shape index (κ2) is 9.77. The summed E-state index contributed by atoms with van der Waals surface area (Å²) in [5.74, 6) is 0.741. The summed E-state index contributed by atoms with van der Waals surface area (Å²) in [6.45, 7) is 10.5. The maximum Gasteiger partial charge on any atom is 0.313 e. The van der Waals surface area contributed by atoms with Crippen LogP contribution in [0.5, 0.6) is 5.75 Å². The Morgan fingerprint density at radius 3 is 1.94 bits per heavy atom. The van der Waals surface area contributed by atoms with E-state index in [1.165, 1.54) is 5.56 Å². The van der Waals surface area contributed by atoms with Gasteiger partial charge in [0.05, 0.1) is 17.9 Å². The first-order valence-corrected chi connectivity index (χ1v) is 11.4. The molecule has 0 aliphatic carbocycles. The van der Waals surface area contributed by atoms with Gasteiger partial charge in [0.15, 0.2) is 0 Å². The minimum Gasteiger partial charge on any atom is -0.496 e. The molecule has 0 amide bonds. The molecule has 2 nitrogen and oxygen atoms in total. The van der Waals surface area contributed by atoms with Crippen molar-refractivity contribution in [1.82, 2.24) is 0 Å². The number of hydrogen-bond acceptors (Lipinski definition) is 2. The fourth-order valence-corrected chi connectivity index (χ4v) is 5.30. The maximum atomic E-state index is 8.38. The first-order valence-electron chi connectivity index (χ1n) is 10.6. The minimum atomic E-state index is -0.842. The summed E-state index contributed by atoms with van der Waals surface area (Å²) in [6, 6.07) is 37.0. The van der Waals surface area contributed by atoms with E-state index in [9.17, 15) is 0 Å². The predicted molar refractivity (Wildman–Crippen MR) is 134 cm³/mol. The van der Waals surface area contributed by atoms with Crippen molar-refractivity contribution >= 4 is 11.8 Å². The number of ether oxygens (including phenoxy) is 1. The molecule has 0 heterocycles. The number of methoxy groups -OCH3 is 1. The molecule has 4 aromatic carbocycles. The molecule has 2 atom stereocenters. The molecule has 0 spiro atoms. The average molecular weight is 436 g/mol. The molecule has 0 unspecified atom stereocenters. The first-order chi connectivity index (χ1) is 15.7. The van der Waals surface area contributed by atoms with Gasteiger partial charge >= 0.3 is 4.87 Å². The van der Waals surface area contributed by atoms with Gasteiger partial charge in [0.25, 0.3) is 0 Å². The third-order valence-corrected chi connectivity index (χ3v) is 7.34. The lowest BCUT2D eigenvalue weighted by atomic mass is 9.87. The second-order valence-electron chi connectivity index (χ2n) is 7.64. The van der Waals surface area contributed by atoms with Gasteiger partial charge in [-0.2, -0.15) is 0 Å². The molecular weight excluding hydrogens is 410 g/mol. The van der Waals surface area contributed by atoms with Crippen molar-refractivity contribution < 1.29 is 4.74 Å². The monoisotopic (exact) mass is 435 g/mol. The lowest BCUT2D eigenvalue weighted by Crippen LogP contribution is -2.25. The fourth-order valence-electron chi connectivity index (χ4n) is 3.95. The number of hydrogen-bond donors (Lipinski definition) is 0. The Balaban J connectivity index is 1.82. The number of benzene rings is 4. The minimum absolute atomic E-state index is 0.0429.